The Hall–Kier alpha value is -1.28. The van der Waals surface area contributed by atoms with E-state index in [0.29, 0.717) is 12.5 Å². The molecule has 2 heteroatoms. The Bertz CT molecular complexity index is 405. The van der Waals surface area contributed by atoms with Crippen LogP contribution in [-0.2, 0) is 0 Å². The molecular weight excluding hydrogens is 222 g/mol. The SMILES string of the molecule is COc1cccc(C=C(CN)C2CCCCC2)c1. The molecule has 1 fully saturated rings. The minimum Gasteiger partial charge on any atom is -0.497 e. The zero-order chi connectivity index (χ0) is 12.8. The summed E-state index contributed by atoms with van der Waals surface area (Å²) in [6.07, 6.45) is 8.92. The lowest BCUT2D eigenvalue weighted by Gasteiger charge is -2.24. The molecule has 0 aliphatic heterocycles. The van der Waals surface area contributed by atoms with Gasteiger partial charge in [0, 0.05) is 6.54 Å². The molecule has 1 saturated carbocycles. The fraction of sp³-hybridized carbons (Fsp3) is 0.500. The van der Waals surface area contributed by atoms with Crippen molar-refractivity contribution in [2.75, 3.05) is 13.7 Å². The summed E-state index contributed by atoms with van der Waals surface area (Å²) in [5.74, 6) is 1.60. The highest BCUT2D eigenvalue weighted by molar-refractivity contribution is 5.55. The lowest BCUT2D eigenvalue weighted by atomic mass is 9.83. The molecule has 0 aromatic heterocycles. The highest BCUT2D eigenvalue weighted by Crippen LogP contribution is 2.30. The van der Waals surface area contributed by atoms with E-state index in [9.17, 15) is 0 Å². The molecule has 98 valence electrons. The van der Waals surface area contributed by atoms with Crippen LogP contribution < -0.4 is 10.5 Å². The fourth-order valence-corrected chi connectivity index (χ4v) is 2.76. The van der Waals surface area contributed by atoms with Gasteiger partial charge in [-0.05, 0) is 36.5 Å². The Labute approximate surface area is 110 Å². The maximum Gasteiger partial charge on any atom is 0.119 e. The summed E-state index contributed by atoms with van der Waals surface area (Å²) in [4.78, 5) is 0. The van der Waals surface area contributed by atoms with Crippen molar-refractivity contribution >= 4 is 6.08 Å². The Morgan fingerprint density at radius 2 is 2.11 bits per heavy atom. The molecule has 1 aliphatic rings. The van der Waals surface area contributed by atoms with Crippen LogP contribution in [-0.4, -0.2) is 13.7 Å². The second kappa shape index (κ2) is 6.60. The third-order valence-electron chi connectivity index (χ3n) is 3.81. The van der Waals surface area contributed by atoms with E-state index in [2.05, 4.69) is 18.2 Å². The quantitative estimate of drug-likeness (QED) is 0.879. The molecule has 0 saturated heterocycles. The van der Waals surface area contributed by atoms with Crippen LogP contribution in [0.15, 0.2) is 29.8 Å². The van der Waals surface area contributed by atoms with Gasteiger partial charge in [-0.1, -0.05) is 43.0 Å². The number of methoxy groups -OCH3 is 1. The van der Waals surface area contributed by atoms with E-state index in [1.165, 1.54) is 43.2 Å². The van der Waals surface area contributed by atoms with Crippen molar-refractivity contribution in [3.8, 4) is 5.75 Å². The molecule has 0 spiro atoms. The van der Waals surface area contributed by atoms with Gasteiger partial charge >= 0.3 is 0 Å². The molecule has 1 aromatic rings. The van der Waals surface area contributed by atoms with Gasteiger partial charge in [0.15, 0.2) is 0 Å². The zero-order valence-electron chi connectivity index (χ0n) is 11.2. The van der Waals surface area contributed by atoms with E-state index in [-0.39, 0.29) is 0 Å². The van der Waals surface area contributed by atoms with Crippen molar-refractivity contribution < 1.29 is 4.74 Å². The van der Waals surface area contributed by atoms with Crippen molar-refractivity contribution in [2.24, 2.45) is 11.7 Å². The van der Waals surface area contributed by atoms with Crippen molar-refractivity contribution in [2.45, 2.75) is 32.1 Å². The van der Waals surface area contributed by atoms with Crippen LogP contribution in [0.4, 0.5) is 0 Å². The Morgan fingerprint density at radius 3 is 2.78 bits per heavy atom. The van der Waals surface area contributed by atoms with Crippen LogP contribution in [0.3, 0.4) is 0 Å². The lowest BCUT2D eigenvalue weighted by Crippen LogP contribution is -2.16. The fourth-order valence-electron chi connectivity index (χ4n) is 2.76. The third kappa shape index (κ3) is 3.36. The highest BCUT2D eigenvalue weighted by Gasteiger charge is 2.16. The van der Waals surface area contributed by atoms with Gasteiger partial charge in [-0.3, -0.25) is 0 Å². The van der Waals surface area contributed by atoms with Crippen LogP contribution in [0.5, 0.6) is 5.75 Å². The molecule has 1 aliphatic carbocycles. The van der Waals surface area contributed by atoms with Gasteiger partial charge in [-0.15, -0.1) is 0 Å². The monoisotopic (exact) mass is 245 g/mol. The maximum atomic E-state index is 5.92. The summed E-state index contributed by atoms with van der Waals surface area (Å²) in [6.45, 7) is 0.669. The summed E-state index contributed by atoms with van der Waals surface area (Å²) in [5, 5.41) is 0. The standard InChI is InChI=1S/C16H23NO/c1-18-16-9-5-6-13(11-16)10-15(12-17)14-7-3-2-4-8-14/h5-6,9-11,14H,2-4,7-8,12,17H2,1H3. The summed E-state index contributed by atoms with van der Waals surface area (Å²) >= 11 is 0. The van der Waals surface area contributed by atoms with Crippen molar-refractivity contribution in [3.63, 3.8) is 0 Å². The Balaban J connectivity index is 2.16. The third-order valence-corrected chi connectivity index (χ3v) is 3.81. The molecule has 0 bridgehead atoms. The molecule has 18 heavy (non-hydrogen) atoms. The van der Waals surface area contributed by atoms with Crippen LogP contribution in [0.25, 0.3) is 6.08 Å². The number of rotatable bonds is 4. The van der Waals surface area contributed by atoms with Crippen molar-refractivity contribution in [3.05, 3.63) is 35.4 Å². The average molecular weight is 245 g/mol. The normalized spacial score (nSPS) is 17.8. The second-order valence-electron chi connectivity index (χ2n) is 5.03. The predicted octanol–water partition coefficient (Wildman–Crippen LogP) is 3.62. The van der Waals surface area contributed by atoms with Gasteiger partial charge in [0.25, 0.3) is 0 Å². The molecular formula is C16H23NO. The number of benzene rings is 1. The minimum atomic E-state index is 0.669. The van der Waals surface area contributed by atoms with Gasteiger partial charge < -0.3 is 10.5 Å². The molecule has 0 heterocycles. The summed E-state index contributed by atoms with van der Waals surface area (Å²) < 4.78 is 5.26. The predicted molar refractivity (Wildman–Crippen MR) is 76.6 cm³/mol. The van der Waals surface area contributed by atoms with Crippen LogP contribution in [0.1, 0.15) is 37.7 Å². The van der Waals surface area contributed by atoms with Crippen LogP contribution in [0, 0.1) is 5.92 Å². The smallest absolute Gasteiger partial charge is 0.119 e. The maximum absolute atomic E-state index is 5.92. The molecule has 0 amide bonds. The molecule has 0 atom stereocenters. The number of hydrogen-bond acceptors (Lipinski definition) is 2. The van der Waals surface area contributed by atoms with Gasteiger partial charge in [0.05, 0.1) is 7.11 Å². The van der Waals surface area contributed by atoms with Crippen LogP contribution >= 0.6 is 0 Å². The first-order valence-electron chi connectivity index (χ1n) is 6.88. The first-order valence-corrected chi connectivity index (χ1v) is 6.88. The van der Waals surface area contributed by atoms with E-state index in [1.807, 2.05) is 12.1 Å². The molecule has 2 N–H and O–H groups in total. The average Bonchev–Trinajstić information content (AvgIpc) is 2.46. The van der Waals surface area contributed by atoms with E-state index in [4.69, 9.17) is 10.5 Å². The largest absolute Gasteiger partial charge is 0.497 e. The Kier molecular flexibility index (Phi) is 4.82. The molecule has 2 nitrogen and oxygen atoms in total. The number of ether oxygens (including phenoxy) is 1. The molecule has 0 unspecified atom stereocenters. The van der Waals surface area contributed by atoms with Gasteiger partial charge in [-0.25, -0.2) is 0 Å². The number of hydrogen-bond donors (Lipinski definition) is 1. The van der Waals surface area contributed by atoms with E-state index >= 15 is 0 Å². The van der Waals surface area contributed by atoms with Crippen molar-refractivity contribution in [1.82, 2.24) is 0 Å². The molecule has 2 rings (SSSR count). The molecule has 1 aromatic carbocycles. The summed E-state index contributed by atoms with van der Waals surface area (Å²) in [5.41, 5.74) is 8.51. The topological polar surface area (TPSA) is 35.2 Å². The minimum absolute atomic E-state index is 0.669. The van der Waals surface area contributed by atoms with Gasteiger partial charge in [-0.2, -0.15) is 0 Å². The van der Waals surface area contributed by atoms with E-state index in [1.54, 1.807) is 7.11 Å². The first-order chi connectivity index (χ1) is 8.83. The van der Waals surface area contributed by atoms with Crippen molar-refractivity contribution in [1.29, 1.82) is 0 Å². The molecule has 0 radical (unpaired) electrons. The van der Waals surface area contributed by atoms with E-state index in [0.717, 1.165) is 5.75 Å². The van der Waals surface area contributed by atoms with E-state index < -0.39 is 0 Å². The lowest BCUT2D eigenvalue weighted by molar-refractivity contribution is 0.401. The highest BCUT2D eigenvalue weighted by atomic mass is 16.5. The first kappa shape index (κ1) is 13.2. The summed E-state index contributed by atoms with van der Waals surface area (Å²) in [6, 6.07) is 8.18. The second-order valence-corrected chi connectivity index (χ2v) is 5.03. The number of nitrogens with two attached hydrogens (primary N) is 1. The van der Waals surface area contributed by atoms with Crippen LogP contribution in [0.2, 0.25) is 0 Å². The summed E-state index contributed by atoms with van der Waals surface area (Å²) in [7, 11) is 1.70. The van der Waals surface area contributed by atoms with Gasteiger partial charge in [0.1, 0.15) is 5.75 Å². The van der Waals surface area contributed by atoms with Gasteiger partial charge in [0.2, 0.25) is 0 Å². The Morgan fingerprint density at radius 1 is 1.33 bits per heavy atom. The zero-order valence-corrected chi connectivity index (χ0v) is 11.2.